The van der Waals surface area contributed by atoms with Crippen molar-refractivity contribution in [2.24, 2.45) is 10.9 Å². The van der Waals surface area contributed by atoms with Gasteiger partial charge in [-0.1, -0.05) is 38.8 Å². The maximum Gasteiger partial charge on any atom is 0.191 e. The average molecular weight is 349 g/mol. The van der Waals surface area contributed by atoms with Gasteiger partial charge in [0.2, 0.25) is 0 Å². The summed E-state index contributed by atoms with van der Waals surface area (Å²) in [6, 6.07) is 7.31. The van der Waals surface area contributed by atoms with Crippen LogP contribution in [-0.4, -0.2) is 43.6 Å². The average Bonchev–Trinajstić information content (AvgIpc) is 2.65. The minimum Gasteiger partial charge on any atom is -0.356 e. The van der Waals surface area contributed by atoms with Crippen LogP contribution >= 0.6 is 0 Å². The molecule has 0 radical (unpaired) electrons. The summed E-state index contributed by atoms with van der Waals surface area (Å²) in [5, 5.41) is 7.03. The molecule has 140 valence electrons. The molecule has 0 unspecified atom stereocenters. The standard InChI is InChI=1S/C20H33FN4/c1-4-16(5-2)14-23-20(22-3)24-19-10-12-25(13-11-19)15-17-6-8-18(21)9-7-17/h6-9,16,19H,4-5,10-15H2,1-3H3,(H2,22,23,24). The summed E-state index contributed by atoms with van der Waals surface area (Å²) in [4.78, 5) is 6.80. The first-order chi connectivity index (χ1) is 12.1. The van der Waals surface area contributed by atoms with E-state index < -0.39 is 0 Å². The molecule has 5 heteroatoms. The molecule has 4 nitrogen and oxygen atoms in total. The van der Waals surface area contributed by atoms with Crippen molar-refractivity contribution in [1.82, 2.24) is 15.5 Å². The molecule has 1 aromatic rings. The van der Waals surface area contributed by atoms with E-state index >= 15 is 0 Å². The van der Waals surface area contributed by atoms with Crippen molar-refractivity contribution < 1.29 is 4.39 Å². The highest BCUT2D eigenvalue weighted by Gasteiger charge is 2.20. The van der Waals surface area contributed by atoms with Crippen molar-refractivity contribution in [3.05, 3.63) is 35.6 Å². The number of guanidine groups is 1. The Morgan fingerprint density at radius 3 is 2.40 bits per heavy atom. The maximum atomic E-state index is 13.0. The van der Waals surface area contributed by atoms with Gasteiger partial charge in [0.1, 0.15) is 5.82 Å². The Bertz CT molecular complexity index is 517. The molecule has 1 aromatic carbocycles. The number of nitrogens with one attached hydrogen (secondary N) is 2. The molecule has 0 aromatic heterocycles. The van der Waals surface area contributed by atoms with Gasteiger partial charge in [-0.2, -0.15) is 0 Å². The van der Waals surface area contributed by atoms with E-state index in [1.54, 1.807) is 12.1 Å². The van der Waals surface area contributed by atoms with Crippen LogP contribution in [0.5, 0.6) is 0 Å². The molecule has 0 spiro atoms. The number of hydrogen-bond donors (Lipinski definition) is 2. The second-order valence-electron chi connectivity index (χ2n) is 6.96. The van der Waals surface area contributed by atoms with Crippen molar-refractivity contribution in [1.29, 1.82) is 0 Å². The first-order valence-corrected chi connectivity index (χ1v) is 9.58. The van der Waals surface area contributed by atoms with Crippen LogP contribution in [0.1, 0.15) is 45.1 Å². The van der Waals surface area contributed by atoms with E-state index in [1.807, 2.05) is 19.2 Å². The van der Waals surface area contributed by atoms with E-state index in [0.29, 0.717) is 12.0 Å². The summed E-state index contributed by atoms with van der Waals surface area (Å²) in [6.07, 6.45) is 4.60. The number of likely N-dealkylation sites (tertiary alicyclic amines) is 1. The highest BCUT2D eigenvalue weighted by molar-refractivity contribution is 5.79. The fourth-order valence-corrected chi connectivity index (χ4v) is 3.29. The van der Waals surface area contributed by atoms with Crippen molar-refractivity contribution in [2.75, 3.05) is 26.7 Å². The SMILES string of the molecule is CCC(CC)CNC(=NC)NC1CCN(Cc2ccc(F)cc2)CC1. The fraction of sp³-hybridized carbons (Fsp3) is 0.650. The van der Waals surface area contributed by atoms with Gasteiger partial charge < -0.3 is 10.6 Å². The second kappa shape index (κ2) is 10.4. The van der Waals surface area contributed by atoms with E-state index in [4.69, 9.17) is 0 Å². The number of halogens is 1. The smallest absolute Gasteiger partial charge is 0.191 e. The van der Waals surface area contributed by atoms with Crippen molar-refractivity contribution in [3.63, 3.8) is 0 Å². The predicted octanol–water partition coefficient (Wildman–Crippen LogP) is 3.39. The molecule has 0 aliphatic carbocycles. The van der Waals surface area contributed by atoms with Gasteiger partial charge in [0.25, 0.3) is 0 Å². The summed E-state index contributed by atoms with van der Waals surface area (Å²) < 4.78 is 13.0. The number of nitrogens with zero attached hydrogens (tertiary/aromatic N) is 2. The van der Waals surface area contributed by atoms with Gasteiger partial charge in [-0.05, 0) is 36.5 Å². The van der Waals surface area contributed by atoms with Gasteiger partial charge in [-0.15, -0.1) is 0 Å². The summed E-state index contributed by atoms with van der Waals surface area (Å²) in [5.74, 6) is 1.46. The molecular formula is C20H33FN4. The summed E-state index contributed by atoms with van der Waals surface area (Å²) in [5.41, 5.74) is 1.18. The minimum absolute atomic E-state index is 0.168. The van der Waals surface area contributed by atoms with Gasteiger partial charge in [0.05, 0.1) is 0 Å². The molecule has 0 bridgehead atoms. The Balaban J connectivity index is 1.72. The molecule has 0 saturated carbocycles. The number of rotatable bonds is 7. The first kappa shape index (κ1) is 19.7. The molecule has 1 fully saturated rings. The lowest BCUT2D eigenvalue weighted by Gasteiger charge is -2.33. The largest absolute Gasteiger partial charge is 0.356 e. The van der Waals surface area contributed by atoms with Crippen molar-refractivity contribution in [2.45, 2.75) is 52.1 Å². The van der Waals surface area contributed by atoms with Gasteiger partial charge in [0.15, 0.2) is 5.96 Å². The molecule has 1 aliphatic rings. The molecular weight excluding hydrogens is 315 g/mol. The number of benzene rings is 1. The highest BCUT2D eigenvalue weighted by Crippen LogP contribution is 2.14. The molecule has 25 heavy (non-hydrogen) atoms. The van der Waals surface area contributed by atoms with E-state index in [1.165, 1.54) is 18.4 Å². The van der Waals surface area contributed by atoms with Crippen molar-refractivity contribution >= 4 is 5.96 Å². The summed E-state index contributed by atoms with van der Waals surface area (Å²) in [7, 11) is 1.84. The van der Waals surface area contributed by atoms with E-state index in [2.05, 4.69) is 34.4 Å². The molecule has 1 aliphatic heterocycles. The van der Waals surface area contributed by atoms with Gasteiger partial charge in [-0.25, -0.2) is 4.39 Å². The van der Waals surface area contributed by atoms with Crippen LogP contribution in [0.2, 0.25) is 0 Å². The quantitative estimate of drug-likeness (QED) is 0.586. The van der Waals surface area contributed by atoms with Crippen LogP contribution in [0, 0.1) is 11.7 Å². The van der Waals surface area contributed by atoms with Gasteiger partial charge >= 0.3 is 0 Å². The van der Waals surface area contributed by atoms with Crippen LogP contribution in [0.25, 0.3) is 0 Å². The van der Waals surface area contributed by atoms with E-state index in [9.17, 15) is 4.39 Å². The highest BCUT2D eigenvalue weighted by atomic mass is 19.1. The molecule has 1 heterocycles. The van der Waals surface area contributed by atoms with Crippen LogP contribution in [0.15, 0.2) is 29.3 Å². The zero-order valence-electron chi connectivity index (χ0n) is 15.9. The molecule has 0 amide bonds. The van der Waals surface area contributed by atoms with E-state index in [-0.39, 0.29) is 5.82 Å². The zero-order valence-corrected chi connectivity index (χ0v) is 15.9. The van der Waals surface area contributed by atoms with Crippen LogP contribution < -0.4 is 10.6 Å². The Kier molecular flexibility index (Phi) is 8.19. The molecule has 1 saturated heterocycles. The third-order valence-corrected chi connectivity index (χ3v) is 5.18. The van der Waals surface area contributed by atoms with Crippen LogP contribution in [0.3, 0.4) is 0 Å². The lowest BCUT2D eigenvalue weighted by molar-refractivity contribution is 0.198. The third kappa shape index (κ3) is 6.65. The third-order valence-electron chi connectivity index (χ3n) is 5.18. The zero-order chi connectivity index (χ0) is 18.1. The Labute approximate surface area is 151 Å². The van der Waals surface area contributed by atoms with Gasteiger partial charge in [0, 0.05) is 39.3 Å². The monoisotopic (exact) mass is 348 g/mol. The molecule has 2 rings (SSSR count). The Hall–Kier alpha value is -1.62. The summed E-state index contributed by atoms with van der Waals surface area (Å²) in [6.45, 7) is 8.47. The number of aliphatic imine (C=N–C) groups is 1. The fourth-order valence-electron chi connectivity index (χ4n) is 3.29. The minimum atomic E-state index is -0.168. The summed E-state index contributed by atoms with van der Waals surface area (Å²) >= 11 is 0. The van der Waals surface area contributed by atoms with Gasteiger partial charge in [-0.3, -0.25) is 9.89 Å². The lowest BCUT2D eigenvalue weighted by atomic mass is 10.0. The van der Waals surface area contributed by atoms with Crippen molar-refractivity contribution in [3.8, 4) is 0 Å². The maximum absolute atomic E-state index is 13.0. The second-order valence-corrected chi connectivity index (χ2v) is 6.96. The number of piperidine rings is 1. The first-order valence-electron chi connectivity index (χ1n) is 9.58. The van der Waals surface area contributed by atoms with E-state index in [0.717, 1.165) is 45.0 Å². The van der Waals surface area contributed by atoms with Crippen LogP contribution in [0.4, 0.5) is 4.39 Å². The molecule has 2 N–H and O–H groups in total. The Morgan fingerprint density at radius 2 is 1.84 bits per heavy atom. The lowest BCUT2D eigenvalue weighted by Crippen LogP contribution is -2.49. The molecule has 0 atom stereocenters. The predicted molar refractivity (Wildman–Crippen MR) is 103 cm³/mol. The Morgan fingerprint density at radius 1 is 1.20 bits per heavy atom. The normalized spacial score (nSPS) is 17.1. The number of hydrogen-bond acceptors (Lipinski definition) is 2. The topological polar surface area (TPSA) is 39.7 Å². The van der Waals surface area contributed by atoms with Crippen LogP contribution in [-0.2, 0) is 6.54 Å².